The lowest BCUT2D eigenvalue weighted by Gasteiger charge is -2.44. The lowest BCUT2D eigenvalue weighted by molar-refractivity contribution is -0.137. The van der Waals surface area contributed by atoms with Gasteiger partial charge in [0.25, 0.3) is 0 Å². The number of carboxylic acid groups (broad SMARTS) is 1. The molecule has 1 aliphatic carbocycles. The maximum absolute atomic E-state index is 10.6. The van der Waals surface area contributed by atoms with Crippen molar-refractivity contribution in [1.29, 1.82) is 0 Å². The molecule has 2 unspecified atom stereocenters. The fourth-order valence-electron chi connectivity index (χ4n) is 3.24. The molecule has 0 aromatic heterocycles. The van der Waals surface area contributed by atoms with Crippen LogP contribution in [0.4, 0.5) is 0 Å². The van der Waals surface area contributed by atoms with Crippen LogP contribution < -0.4 is 0 Å². The lowest BCUT2D eigenvalue weighted by atomic mass is 9.78. The minimum absolute atomic E-state index is 0.309. The van der Waals surface area contributed by atoms with E-state index in [0.717, 1.165) is 19.0 Å². The van der Waals surface area contributed by atoms with Gasteiger partial charge in [-0.15, -0.1) is 0 Å². The number of piperidine rings is 1. The molecule has 2 rings (SSSR count). The Labute approximate surface area is 91.5 Å². The highest BCUT2D eigenvalue weighted by atomic mass is 16.4. The highest BCUT2D eigenvalue weighted by Crippen LogP contribution is 2.35. The van der Waals surface area contributed by atoms with Gasteiger partial charge in [-0.25, -0.2) is 0 Å². The van der Waals surface area contributed by atoms with Crippen LogP contribution in [0, 0.1) is 5.92 Å². The summed E-state index contributed by atoms with van der Waals surface area (Å²) in [7, 11) is 0. The van der Waals surface area contributed by atoms with Gasteiger partial charge in [-0.1, -0.05) is 12.8 Å². The normalized spacial score (nSPS) is 32.3. The average molecular weight is 211 g/mol. The number of carbonyl (C=O) groups is 1. The van der Waals surface area contributed by atoms with Crippen LogP contribution >= 0.6 is 0 Å². The summed E-state index contributed by atoms with van der Waals surface area (Å²) < 4.78 is 0. The Balaban J connectivity index is 1.88. The molecular formula is C12H21NO2. The van der Waals surface area contributed by atoms with Gasteiger partial charge >= 0.3 is 5.97 Å². The van der Waals surface area contributed by atoms with Crippen LogP contribution in [0.2, 0.25) is 0 Å². The van der Waals surface area contributed by atoms with Gasteiger partial charge in [-0.05, 0) is 38.1 Å². The van der Waals surface area contributed by atoms with Gasteiger partial charge in [-0.2, -0.15) is 0 Å². The molecule has 2 fully saturated rings. The second kappa shape index (κ2) is 4.97. The fraction of sp³-hybridized carbons (Fsp3) is 0.917. The number of carboxylic acids is 1. The third-order valence-electron chi connectivity index (χ3n) is 3.97. The van der Waals surface area contributed by atoms with Gasteiger partial charge in [0.15, 0.2) is 0 Å². The van der Waals surface area contributed by atoms with Crippen molar-refractivity contribution in [3.63, 3.8) is 0 Å². The summed E-state index contributed by atoms with van der Waals surface area (Å²) in [5.41, 5.74) is 0. The molecule has 15 heavy (non-hydrogen) atoms. The van der Waals surface area contributed by atoms with Gasteiger partial charge in [-0.3, -0.25) is 9.69 Å². The number of hydrogen-bond acceptors (Lipinski definition) is 2. The molecule has 2 aliphatic rings. The second-order valence-corrected chi connectivity index (χ2v) is 4.93. The first-order valence-corrected chi connectivity index (χ1v) is 6.23. The van der Waals surface area contributed by atoms with Crippen LogP contribution in [0.15, 0.2) is 0 Å². The number of aliphatic carboxylic acids is 1. The summed E-state index contributed by atoms with van der Waals surface area (Å²) in [6.45, 7) is 1.88. The monoisotopic (exact) mass is 211 g/mol. The maximum atomic E-state index is 10.6. The summed E-state index contributed by atoms with van der Waals surface area (Å²) in [5.74, 6) is 0.203. The Morgan fingerprint density at radius 2 is 1.93 bits per heavy atom. The van der Waals surface area contributed by atoms with E-state index < -0.39 is 5.97 Å². The molecule has 0 bridgehead atoms. The second-order valence-electron chi connectivity index (χ2n) is 4.93. The number of hydrogen-bond donors (Lipinski definition) is 1. The van der Waals surface area contributed by atoms with E-state index >= 15 is 0 Å². The van der Waals surface area contributed by atoms with E-state index in [9.17, 15) is 4.79 Å². The number of nitrogens with zero attached hydrogens (tertiary/aromatic N) is 1. The molecular weight excluding hydrogens is 190 g/mol. The largest absolute Gasteiger partial charge is 0.481 e. The smallest absolute Gasteiger partial charge is 0.304 e. The molecule has 1 saturated heterocycles. The predicted octanol–water partition coefficient (Wildman–Crippen LogP) is 2.12. The molecule has 0 aromatic carbocycles. The van der Waals surface area contributed by atoms with Crippen LogP contribution in [-0.2, 0) is 4.79 Å². The van der Waals surface area contributed by atoms with Crippen molar-refractivity contribution in [2.24, 2.45) is 5.92 Å². The quantitative estimate of drug-likeness (QED) is 0.777. The van der Waals surface area contributed by atoms with Crippen molar-refractivity contribution in [3.8, 4) is 0 Å². The summed E-state index contributed by atoms with van der Waals surface area (Å²) in [5, 5.41) is 8.71. The van der Waals surface area contributed by atoms with Crippen molar-refractivity contribution in [3.05, 3.63) is 0 Å². The summed E-state index contributed by atoms with van der Waals surface area (Å²) in [6.07, 6.45) is 8.33. The first kappa shape index (κ1) is 10.9. The first-order valence-electron chi connectivity index (χ1n) is 6.23. The molecule has 0 radical (unpaired) electrons. The average Bonchev–Trinajstić information content (AvgIpc) is 2.26. The van der Waals surface area contributed by atoms with Gasteiger partial charge in [0.1, 0.15) is 0 Å². The minimum atomic E-state index is -0.659. The molecule has 1 saturated carbocycles. The summed E-state index contributed by atoms with van der Waals surface area (Å²) in [4.78, 5) is 13.0. The summed E-state index contributed by atoms with van der Waals surface area (Å²) in [6, 6.07) is 0.701. The third-order valence-corrected chi connectivity index (χ3v) is 3.97. The van der Waals surface area contributed by atoms with Crippen LogP contribution in [0.1, 0.15) is 44.9 Å². The van der Waals surface area contributed by atoms with Crippen LogP contribution in [0.5, 0.6) is 0 Å². The zero-order chi connectivity index (χ0) is 10.7. The topological polar surface area (TPSA) is 40.5 Å². The molecule has 0 aromatic rings. The van der Waals surface area contributed by atoms with Gasteiger partial charge in [0.05, 0.1) is 6.42 Å². The number of likely N-dealkylation sites (tertiary alicyclic amines) is 1. The first-order chi connectivity index (χ1) is 7.27. The number of fused-ring (bicyclic) bond motifs is 1. The van der Waals surface area contributed by atoms with Gasteiger partial charge in [0.2, 0.25) is 0 Å². The number of rotatable bonds is 3. The maximum Gasteiger partial charge on any atom is 0.304 e. The van der Waals surface area contributed by atoms with Crippen molar-refractivity contribution in [1.82, 2.24) is 4.90 Å². The summed E-state index contributed by atoms with van der Waals surface area (Å²) >= 11 is 0. The lowest BCUT2D eigenvalue weighted by Crippen LogP contribution is -2.47. The van der Waals surface area contributed by atoms with E-state index in [1.165, 1.54) is 38.5 Å². The highest BCUT2D eigenvalue weighted by molar-refractivity contribution is 5.66. The molecule has 86 valence electrons. The van der Waals surface area contributed by atoms with E-state index in [-0.39, 0.29) is 0 Å². The molecule has 2 atom stereocenters. The minimum Gasteiger partial charge on any atom is -0.481 e. The highest BCUT2D eigenvalue weighted by Gasteiger charge is 2.32. The van der Waals surface area contributed by atoms with Crippen LogP contribution in [0.25, 0.3) is 0 Å². The van der Waals surface area contributed by atoms with E-state index in [1.54, 1.807) is 0 Å². The zero-order valence-electron chi connectivity index (χ0n) is 9.32. The van der Waals surface area contributed by atoms with E-state index in [4.69, 9.17) is 5.11 Å². The van der Waals surface area contributed by atoms with Gasteiger partial charge < -0.3 is 5.11 Å². The van der Waals surface area contributed by atoms with E-state index in [0.29, 0.717) is 12.5 Å². The molecule has 3 nitrogen and oxygen atoms in total. The molecule has 0 spiro atoms. The van der Waals surface area contributed by atoms with Crippen molar-refractivity contribution < 1.29 is 9.90 Å². The van der Waals surface area contributed by atoms with Crippen LogP contribution in [0.3, 0.4) is 0 Å². The van der Waals surface area contributed by atoms with Crippen molar-refractivity contribution in [2.75, 3.05) is 13.1 Å². The van der Waals surface area contributed by atoms with Crippen molar-refractivity contribution >= 4 is 5.97 Å². The fourth-order valence-corrected chi connectivity index (χ4v) is 3.24. The Hall–Kier alpha value is -0.570. The van der Waals surface area contributed by atoms with E-state index in [2.05, 4.69) is 4.90 Å². The Morgan fingerprint density at radius 3 is 2.73 bits per heavy atom. The molecule has 1 aliphatic heterocycles. The molecule has 1 heterocycles. The molecule has 1 N–H and O–H groups in total. The zero-order valence-corrected chi connectivity index (χ0v) is 9.32. The van der Waals surface area contributed by atoms with Gasteiger partial charge in [0, 0.05) is 12.6 Å². The predicted molar refractivity (Wildman–Crippen MR) is 58.8 cm³/mol. The SMILES string of the molecule is O=C(O)CCN1CCCC2CCCCC21. The van der Waals surface area contributed by atoms with Crippen molar-refractivity contribution in [2.45, 2.75) is 51.0 Å². The Kier molecular flexibility index (Phi) is 3.62. The Morgan fingerprint density at radius 1 is 1.20 bits per heavy atom. The standard InChI is InChI=1S/C12H21NO2/c14-12(15)7-9-13-8-3-5-10-4-1-2-6-11(10)13/h10-11H,1-9H2,(H,14,15). The van der Waals surface area contributed by atoms with Crippen LogP contribution in [-0.4, -0.2) is 35.1 Å². The Bertz CT molecular complexity index is 228. The molecule has 0 amide bonds. The third kappa shape index (κ3) is 2.71. The molecule has 3 heteroatoms. The van der Waals surface area contributed by atoms with E-state index in [1.807, 2.05) is 0 Å².